The maximum atomic E-state index is 5.67. The molecule has 1 aliphatic heterocycles. The van der Waals surface area contributed by atoms with Gasteiger partial charge in [0, 0.05) is 44.3 Å². The molecule has 0 aromatic heterocycles. The van der Waals surface area contributed by atoms with Gasteiger partial charge in [-0.3, -0.25) is 4.99 Å². The van der Waals surface area contributed by atoms with Crippen LogP contribution in [-0.4, -0.2) is 26.9 Å². The standard InChI is InChI=1S/C15H21N3/c1-11-6-7-18(3)15-5-4-12(8-14(11)15)13(9-16)10-17-2/h4-5,8-11H,6-7,16H2,1-3H3. The van der Waals surface area contributed by atoms with Gasteiger partial charge in [-0.05, 0) is 35.6 Å². The van der Waals surface area contributed by atoms with Crippen LogP contribution in [0.5, 0.6) is 0 Å². The van der Waals surface area contributed by atoms with Crippen molar-refractivity contribution in [2.24, 2.45) is 10.7 Å². The average Bonchev–Trinajstić information content (AvgIpc) is 2.40. The number of hydrogen-bond donors (Lipinski definition) is 1. The lowest BCUT2D eigenvalue weighted by Crippen LogP contribution is -2.26. The van der Waals surface area contributed by atoms with Crippen molar-refractivity contribution < 1.29 is 0 Å². The second kappa shape index (κ2) is 5.25. The molecule has 18 heavy (non-hydrogen) atoms. The van der Waals surface area contributed by atoms with E-state index in [1.807, 2.05) is 0 Å². The maximum absolute atomic E-state index is 5.67. The normalized spacial score (nSPS) is 20.3. The number of aliphatic imine (C=N–C) groups is 1. The molecule has 3 heteroatoms. The number of benzene rings is 1. The summed E-state index contributed by atoms with van der Waals surface area (Å²) in [7, 11) is 3.91. The number of fused-ring (bicyclic) bond motifs is 1. The molecule has 0 saturated heterocycles. The molecule has 1 aromatic carbocycles. The molecule has 0 amide bonds. The summed E-state index contributed by atoms with van der Waals surface area (Å²) in [5, 5.41) is 0. The molecule has 1 unspecified atom stereocenters. The van der Waals surface area contributed by atoms with E-state index < -0.39 is 0 Å². The van der Waals surface area contributed by atoms with Gasteiger partial charge in [-0.15, -0.1) is 0 Å². The van der Waals surface area contributed by atoms with Crippen LogP contribution < -0.4 is 10.6 Å². The Morgan fingerprint density at radius 2 is 2.28 bits per heavy atom. The minimum absolute atomic E-state index is 0.605. The summed E-state index contributed by atoms with van der Waals surface area (Å²) in [6, 6.07) is 6.55. The molecular weight excluding hydrogens is 222 g/mol. The molecule has 0 fully saturated rings. The van der Waals surface area contributed by atoms with Gasteiger partial charge in [0.1, 0.15) is 0 Å². The number of rotatable bonds is 2. The van der Waals surface area contributed by atoms with Crippen molar-refractivity contribution >= 4 is 17.5 Å². The highest BCUT2D eigenvalue weighted by Gasteiger charge is 2.20. The van der Waals surface area contributed by atoms with Crippen LogP contribution in [0.3, 0.4) is 0 Å². The predicted molar refractivity (Wildman–Crippen MR) is 79.3 cm³/mol. The number of allylic oxidation sites excluding steroid dienone is 1. The number of anilines is 1. The van der Waals surface area contributed by atoms with Gasteiger partial charge in [-0.25, -0.2) is 0 Å². The summed E-state index contributed by atoms with van der Waals surface area (Å²) in [6.07, 6.45) is 4.63. The third kappa shape index (κ3) is 2.26. The van der Waals surface area contributed by atoms with Gasteiger partial charge in [0.2, 0.25) is 0 Å². The van der Waals surface area contributed by atoms with Gasteiger partial charge < -0.3 is 10.6 Å². The van der Waals surface area contributed by atoms with E-state index in [-0.39, 0.29) is 0 Å². The predicted octanol–water partition coefficient (Wildman–Crippen LogP) is 2.63. The van der Waals surface area contributed by atoms with E-state index >= 15 is 0 Å². The average molecular weight is 243 g/mol. The smallest absolute Gasteiger partial charge is 0.0399 e. The largest absolute Gasteiger partial charge is 0.404 e. The Balaban J connectivity index is 2.46. The van der Waals surface area contributed by atoms with Crippen LogP contribution in [0.15, 0.2) is 29.4 Å². The van der Waals surface area contributed by atoms with E-state index in [2.05, 4.69) is 42.1 Å². The molecule has 1 aromatic rings. The summed E-state index contributed by atoms with van der Waals surface area (Å²) in [5.41, 5.74) is 10.5. The summed E-state index contributed by atoms with van der Waals surface area (Å²) in [4.78, 5) is 6.36. The van der Waals surface area contributed by atoms with Crippen molar-refractivity contribution in [3.05, 3.63) is 35.5 Å². The fourth-order valence-corrected chi connectivity index (χ4v) is 2.49. The van der Waals surface area contributed by atoms with E-state index in [0.717, 1.165) is 17.7 Å². The Labute approximate surface area is 109 Å². The Morgan fingerprint density at radius 1 is 1.50 bits per heavy atom. The van der Waals surface area contributed by atoms with Crippen molar-refractivity contribution in [3.63, 3.8) is 0 Å². The fourth-order valence-electron chi connectivity index (χ4n) is 2.49. The van der Waals surface area contributed by atoms with Gasteiger partial charge in [0.15, 0.2) is 0 Å². The molecule has 1 heterocycles. The molecule has 1 aliphatic rings. The lowest BCUT2D eigenvalue weighted by molar-refractivity contribution is 0.637. The Morgan fingerprint density at radius 3 is 2.94 bits per heavy atom. The van der Waals surface area contributed by atoms with Crippen LogP contribution in [0, 0.1) is 0 Å². The molecular formula is C15H21N3. The molecule has 0 radical (unpaired) electrons. The highest BCUT2D eigenvalue weighted by atomic mass is 15.1. The van der Waals surface area contributed by atoms with Gasteiger partial charge in [0.25, 0.3) is 0 Å². The minimum Gasteiger partial charge on any atom is -0.404 e. The van der Waals surface area contributed by atoms with E-state index in [1.165, 1.54) is 17.7 Å². The Hall–Kier alpha value is -1.77. The van der Waals surface area contributed by atoms with E-state index in [1.54, 1.807) is 19.5 Å². The van der Waals surface area contributed by atoms with Gasteiger partial charge in [-0.2, -0.15) is 0 Å². The summed E-state index contributed by atoms with van der Waals surface area (Å²) >= 11 is 0. The summed E-state index contributed by atoms with van der Waals surface area (Å²) < 4.78 is 0. The SMILES string of the molecule is CN=CC(=CN)c1ccc2c(c1)C(C)CCN2C. The first kappa shape index (κ1) is 12.7. The Bertz CT molecular complexity index is 489. The monoisotopic (exact) mass is 243 g/mol. The van der Waals surface area contributed by atoms with E-state index in [9.17, 15) is 0 Å². The molecule has 0 bridgehead atoms. The van der Waals surface area contributed by atoms with E-state index in [4.69, 9.17) is 5.73 Å². The number of nitrogens with zero attached hydrogens (tertiary/aromatic N) is 2. The van der Waals surface area contributed by atoms with Gasteiger partial charge in [-0.1, -0.05) is 13.0 Å². The first-order valence-electron chi connectivity index (χ1n) is 6.37. The molecule has 0 spiro atoms. The van der Waals surface area contributed by atoms with Crippen molar-refractivity contribution in [3.8, 4) is 0 Å². The number of hydrogen-bond acceptors (Lipinski definition) is 3. The zero-order valence-electron chi connectivity index (χ0n) is 11.4. The van der Waals surface area contributed by atoms with Gasteiger partial charge >= 0.3 is 0 Å². The molecule has 1 atom stereocenters. The molecule has 0 saturated carbocycles. The van der Waals surface area contributed by atoms with Crippen LogP contribution in [0.2, 0.25) is 0 Å². The lowest BCUT2D eigenvalue weighted by atomic mass is 9.89. The molecule has 0 aliphatic carbocycles. The van der Waals surface area contributed by atoms with Gasteiger partial charge in [0.05, 0.1) is 0 Å². The van der Waals surface area contributed by atoms with E-state index in [0.29, 0.717) is 5.92 Å². The zero-order valence-corrected chi connectivity index (χ0v) is 11.4. The van der Waals surface area contributed by atoms with Crippen molar-refractivity contribution in [2.75, 3.05) is 25.5 Å². The highest BCUT2D eigenvalue weighted by molar-refractivity contribution is 6.09. The minimum atomic E-state index is 0.605. The Kier molecular flexibility index (Phi) is 3.70. The van der Waals surface area contributed by atoms with Crippen LogP contribution >= 0.6 is 0 Å². The maximum Gasteiger partial charge on any atom is 0.0399 e. The highest BCUT2D eigenvalue weighted by Crippen LogP contribution is 2.35. The zero-order chi connectivity index (χ0) is 13.1. The summed E-state index contributed by atoms with van der Waals surface area (Å²) in [6.45, 7) is 3.42. The van der Waals surface area contributed by atoms with Crippen LogP contribution in [-0.2, 0) is 0 Å². The third-order valence-electron chi connectivity index (χ3n) is 3.65. The fraction of sp³-hybridized carbons (Fsp3) is 0.400. The van der Waals surface area contributed by atoms with Crippen molar-refractivity contribution in [1.29, 1.82) is 0 Å². The molecule has 96 valence electrons. The van der Waals surface area contributed by atoms with Crippen LogP contribution in [0.1, 0.15) is 30.4 Å². The molecule has 3 nitrogen and oxygen atoms in total. The topological polar surface area (TPSA) is 41.6 Å². The van der Waals surface area contributed by atoms with Crippen molar-refractivity contribution in [2.45, 2.75) is 19.3 Å². The summed E-state index contributed by atoms with van der Waals surface area (Å²) in [5.74, 6) is 0.605. The first-order valence-corrected chi connectivity index (χ1v) is 6.37. The third-order valence-corrected chi connectivity index (χ3v) is 3.65. The van der Waals surface area contributed by atoms with Crippen LogP contribution in [0.25, 0.3) is 5.57 Å². The molecule has 2 N–H and O–H groups in total. The van der Waals surface area contributed by atoms with Crippen LogP contribution in [0.4, 0.5) is 5.69 Å². The molecule has 2 rings (SSSR count). The first-order chi connectivity index (χ1) is 8.67. The number of nitrogens with two attached hydrogens (primary N) is 1. The van der Waals surface area contributed by atoms with Crippen molar-refractivity contribution in [1.82, 2.24) is 0 Å². The second-order valence-corrected chi connectivity index (χ2v) is 4.89. The second-order valence-electron chi connectivity index (χ2n) is 4.89. The quantitative estimate of drug-likeness (QED) is 0.811. The lowest BCUT2D eigenvalue weighted by Gasteiger charge is -2.32.